The zero-order chi connectivity index (χ0) is 14.4. The lowest BCUT2D eigenvalue weighted by molar-refractivity contribution is 0.583. The topological polar surface area (TPSA) is 65.8 Å². The summed E-state index contributed by atoms with van der Waals surface area (Å²) < 4.78 is 13.6. The van der Waals surface area contributed by atoms with Crippen LogP contribution in [0.5, 0.6) is 0 Å². The van der Waals surface area contributed by atoms with Gasteiger partial charge in [0, 0.05) is 15.5 Å². The predicted octanol–water partition coefficient (Wildman–Crippen LogP) is 3.82. The van der Waals surface area contributed by atoms with Crippen LogP contribution < -0.4 is 10.6 Å². The van der Waals surface area contributed by atoms with Crippen molar-refractivity contribution in [2.24, 2.45) is 5.11 Å². The molecule has 0 amide bonds. The maximum atomic E-state index is 13.6. The molecule has 2 aromatic rings. The van der Waals surface area contributed by atoms with Gasteiger partial charge in [-0.2, -0.15) is 0 Å². The highest BCUT2D eigenvalue weighted by molar-refractivity contribution is 7.79. The predicted molar refractivity (Wildman–Crippen MR) is 82.9 cm³/mol. The molecule has 0 aliphatic heterocycles. The molecule has 0 fully saturated rings. The lowest BCUT2D eigenvalue weighted by atomic mass is 10.4. The van der Waals surface area contributed by atoms with E-state index >= 15 is 0 Å². The fraction of sp³-hybridized carbons (Fsp3) is 0.0667. The van der Waals surface area contributed by atoms with Gasteiger partial charge in [-0.15, -0.1) is 6.58 Å². The van der Waals surface area contributed by atoms with E-state index in [0.717, 1.165) is 0 Å². The second-order valence-electron chi connectivity index (χ2n) is 4.18. The minimum atomic E-state index is -3.09. The maximum absolute atomic E-state index is 13.6. The molecule has 20 heavy (non-hydrogen) atoms. The third-order valence-corrected chi connectivity index (χ3v) is 6.22. The Morgan fingerprint density at radius 2 is 1.50 bits per heavy atom. The third-order valence-electron chi connectivity index (χ3n) is 3.03. The van der Waals surface area contributed by atoms with Gasteiger partial charge in [0.15, 0.2) is 7.14 Å². The molecule has 0 heterocycles. The Morgan fingerprint density at radius 3 is 1.85 bits per heavy atom. The smallest absolute Gasteiger partial charge is 0.155 e. The van der Waals surface area contributed by atoms with Gasteiger partial charge >= 0.3 is 0 Å². The fourth-order valence-electron chi connectivity index (χ4n) is 2.07. The summed E-state index contributed by atoms with van der Waals surface area (Å²) in [7, 11) is -3.09. The van der Waals surface area contributed by atoms with Gasteiger partial charge in [0.25, 0.3) is 0 Å². The molecular weight excluding hydrogens is 269 g/mol. The molecule has 1 atom stereocenters. The number of rotatable bonds is 5. The van der Waals surface area contributed by atoms with Crippen LogP contribution in [0.25, 0.3) is 10.4 Å². The highest BCUT2D eigenvalue weighted by Crippen LogP contribution is 2.49. The molecule has 5 heteroatoms. The molecule has 0 spiro atoms. The van der Waals surface area contributed by atoms with Crippen molar-refractivity contribution in [2.75, 3.05) is 0 Å². The Morgan fingerprint density at radius 1 is 1.05 bits per heavy atom. The molecular formula is C15H14N3OP. The summed E-state index contributed by atoms with van der Waals surface area (Å²) in [6.45, 7) is 3.66. The van der Waals surface area contributed by atoms with Crippen molar-refractivity contribution < 1.29 is 4.57 Å². The van der Waals surface area contributed by atoms with Crippen LogP contribution in [0.2, 0.25) is 0 Å². The van der Waals surface area contributed by atoms with Crippen LogP contribution >= 0.6 is 7.14 Å². The van der Waals surface area contributed by atoms with Gasteiger partial charge in [-0.1, -0.05) is 71.9 Å². The first-order valence-corrected chi connectivity index (χ1v) is 7.89. The molecule has 0 saturated carbocycles. The maximum Gasteiger partial charge on any atom is 0.155 e. The quantitative estimate of drug-likeness (QED) is 0.270. The molecule has 0 N–H and O–H groups in total. The standard InChI is InChI=1S/C15H14N3OP/c1-2-15(17-18-16)20(19,13-9-5-3-6-10-13)14-11-7-4-8-12-14/h2-12,15H,1H2. The van der Waals surface area contributed by atoms with Crippen LogP contribution in [0.3, 0.4) is 0 Å². The molecule has 2 rings (SSSR count). The van der Waals surface area contributed by atoms with Crippen LogP contribution in [0, 0.1) is 0 Å². The molecule has 4 nitrogen and oxygen atoms in total. The van der Waals surface area contributed by atoms with Crippen molar-refractivity contribution in [3.8, 4) is 0 Å². The summed E-state index contributed by atoms with van der Waals surface area (Å²) in [5.74, 6) is -0.794. The second kappa shape index (κ2) is 6.25. The summed E-state index contributed by atoms with van der Waals surface area (Å²) in [6.07, 6.45) is 1.44. The van der Waals surface area contributed by atoms with Gasteiger partial charge in [-0.25, -0.2) is 0 Å². The van der Waals surface area contributed by atoms with Crippen molar-refractivity contribution in [1.29, 1.82) is 0 Å². The van der Waals surface area contributed by atoms with Crippen molar-refractivity contribution >= 4 is 17.8 Å². The van der Waals surface area contributed by atoms with Gasteiger partial charge in [0.1, 0.15) is 5.78 Å². The summed E-state index contributed by atoms with van der Waals surface area (Å²) in [5.41, 5.74) is 8.71. The molecule has 0 aliphatic carbocycles. The minimum absolute atomic E-state index is 0.656. The fourth-order valence-corrected chi connectivity index (χ4v) is 4.70. The number of azide groups is 1. The first-order chi connectivity index (χ1) is 9.73. The van der Waals surface area contributed by atoms with Crippen molar-refractivity contribution in [3.63, 3.8) is 0 Å². The number of nitrogens with zero attached hydrogens (tertiary/aromatic N) is 3. The van der Waals surface area contributed by atoms with Crippen LogP contribution in [0.15, 0.2) is 78.4 Å². The van der Waals surface area contributed by atoms with E-state index in [2.05, 4.69) is 16.6 Å². The zero-order valence-corrected chi connectivity index (χ0v) is 11.7. The Kier molecular flexibility index (Phi) is 4.41. The highest BCUT2D eigenvalue weighted by Gasteiger charge is 2.34. The van der Waals surface area contributed by atoms with Crippen LogP contribution in [0.1, 0.15) is 0 Å². The lowest BCUT2D eigenvalue weighted by Crippen LogP contribution is -2.23. The van der Waals surface area contributed by atoms with E-state index < -0.39 is 12.9 Å². The summed E-state index contributed by atoms with van der Waals surface area (Å²) in [6, 6.07) is 18.2. The molecule has 2 aromatic carbocycles. The Balaban J connectivity index is 2.70. The van der Waals surface area contributed by atoms with Crippen LogP contribution in [-0.2, 0) is 4.57 Å². The summed E-state index contributed by atoms with van der Waals surface area (Å²) in [4.78, 5) is 2.81. The summed E-state index contributed by atoms with van der Waals surface area (Å²) >= 11 is 0. The highest BCUT2D eigenvalue weighted by atomic mass is 31.2. The van der Waals surface area contributed by atoms with E-state index in [0.29, 0.717) is 10.6 Å². The Bertz CT molecular complexity index is 635. The van der Waals surface area contributed by atoms with Gasteiger partial charge in [0.2, 0.25) is 0 Å². The molecule has 0 radical (unpaired) electrons. The van der Waals surface area contributed by atoms with E-state index in [1.54, 1.807) is 24.3 Å². The van der Waals surface area contributed by atoms with Gasteiger partial charge < -0.3 is 4.57 Å². The lowest BCUT2D eigenvalue weighted by Gasteiger charge is -2.23. The molecule has 100 valence electrons. The monoisotopic (exact) mass is 283 g/mol. The summed E-state index contributed by atoms with van der Waals surface area (Å²) in [5, 5.41) is 4.98. The number of benzene rings is 2. The van der Waals surface area contributed by atoms with E-state index in [1.165, 1.54) is 6.08 Å². The number of hydrogen-bond acceptors (Lipinski definition) is 2. The average molecular weight is 283 g/mol. The van der Waals surface area contributed by atoms with Gasteiger partial charge in [-0.05, 0) is 5.53 Å². The van der Waals surface area contributed by atoms with E-state index in [-0.39, 0.29) is 0 Å². The Hall–Kier alpha value is -2.28. The third kappa shape index (κ3) is 2.53. The largest absolute Gasteiger partial charge is 0.313 e. The molecule has 0 aromatic heterocycles. The first-order valence-electron chi connectivity index (χ1n) is 6.11. The molecule has 0 aliphatic rings. The normalized spacial score (nSPS) is 12.2. The van der Waals surface area contributed by atoms with Crippen LogP contribution in [0.4, 0.5) is 0 Å². The van der Waals surface area contributed by atoms with Gasteiger partial charge in [0.05, 0.1) is 0 Å². The molecule has 0 saturated heterocycles. The van der Waals surface area contributed by atoms with Crippen molar-refractivity contribution in [1.82, 2.24) is 0 Å². The first kappa shape index (κ1) is 14.1. The average Bonchev–Trinajstić information content (AvgIpc) is 2.53. The number of hydrogen-bond donors (Lipinski definition) is 0. The second-order valence-corrected chi connectivity index (χ2v) is 7.06. The zero-order valence-electron chi connectivity index (χ0n) is 10.8. The molecule has 0 bridgehead atoms. The molecule has 1 unspecified atom stereocenters. The SMILES string of the molecule is C=CC(N=[N+]=[N-])P(=O)(c1ccccc1)c1ccccc1. The van der Waals surface area contributed by atoms with E-state index in [1.807, 2.05) is 36.4 Å². The van der Waals surface area contributed by atoms with E-state index in [4.69, 9.17) is 5.53 Å². The van der Waals surface area contributed by atoms with Crippen LogP contribution in [-0.4, -0.2) is 5.78 Å². The minimum Gasteiger partial charge on any atom is -0.313 e. The Labute approximate surface area is 117 Å². The van der Waals surface area contributed by atoms with E-state index in [9.17, 15) is 4.57 Å². The van der Waals surface area contributed by atoms with Crippen molar-refractivity contribution in [2.45, 2.75) is 5.78 Å². The van der Waals surface area contributed by atoms with Gasteiger partial charge in [-0.3, -0.25) is 0 Å². The van der Waals surface area contributed by atoms with Crippen molar-refractivity contribution in [3.05, 3.63) is 83.8 Å².